The Kier molecular flexibility index (Phi) is 5.73. The van der Waals surface area contributed by atoms with Gasteiger partial charge in [0, 0.05) is 11.4 Å². The number of amides is 1. The fraction of sp³-hybridized carbons (Fsp3) is 0.235. The number of sulfonamides is 1. The number of hydrogen-bond donors (Lipinski definition) is 2. The molecule has 2 aromatic carbocycles. The summed E-state index contributed by atoms with van der Waals surface area (Å²) in [4.78, 5) is 12.0. The fourth-order valence-electron chi connectivity index (χ4n) is 1.87. The first-order valence-corrected chi connectivity index (χ1v) is 8.90. The minimum Gasteiger partial charge on any atom is -0.325 e. The minimum atomic E-state index is -3.72. The van der Waals surface area contributed by atoms with Gasteiger partial charge in [-0.15, -0.1) is 0 Å². The van der Waals surface area contributed by atoms with Gasteiger partial charge in [0.05, 0.1) is 4.90 Å². The minimum absolute atomic E-state index is 0.119. The quantitative estimate of drug-likeness (QED) is 0.787. The number of rotatable bonds is 7. The topological polar surface area (TPSA) is 75.3 Å². The van der Waals surface area contributed by atoms with Crippen LogP contribution in [-0.4, -0.2) is 27.7 Å². The molecular formula is C17H18F2N2O3S. The van der Waals surface area contributed by atoms with E-state index in [1.165, 1.54) is 43.3 Å². The monoisotopic (exact) mass is 368 g/mol. The second-order valence-corrected chi connectivity index (χ2v) is 7.46. The number of halogens is 2. The first kappa shape index (κ1) is 18.9. The Morgan fingerprint density at radius 3 is 2.00 bits per heavy atom. The van der Waals surface area contributed by atoms with E-state index in [9.17, 15) is 22.0 Å². The van der Waals surface area contributed by atoms with Crippen molar-refractivity contribution in [1.82, 2.24) is 0 Å². The van der Waals surface area contributed by atoms with Gasteiger partial charge in [-0.2, -0.15) is 0 Å². The third kappa shape index (κ3) is 4.54. The summed E-state index contributed by atoms with van der Waals surface area (Å²) in [6, 6.07) is 13.6. The van der Waals surface area contributed by atoms with E-state index in [-0.39, 0.29) is 4.90 Å². The summed E-state index contributed by atoms with van der Waals surface area (Å²) in [6.45, 7) is -1.06. The molecular weight excluding hydrogens is 350 g/mol. The molecule has 0 unspecified atom stereocenters. The van der Waals surface area contributed by atoms with Gasteiger partial charge in [0.25, 0.3) is 10.0 Å². The molecule has 0 aliphatic carbocycles. The molecule has 134 valence electrons. The van der Waals surface area contributed by atoms with Crippen molar-refractivity contribution in [2.45, 2.75) is 11.8 Å². The fourth-order valence-corrected chi connectivity index (χ4v) is 2.95. The van der Waals surface area contributed by atoms with Crippen molar-refractivity contribution in [3.63, 3.8) is 0 Å². The summed E-state index contributed by atoms with van der Waals surface area (Å²) in [7, 11) is -3.72. The van der Waals surface area contributed by atoms with Gasteiger partial charge >= 0.3 is 0 Å². The van der Waals surface area contributed by atoms with Crippen LogP contribution < -0.4 is 10.0 Å². The van der Waals surface area contributed by atoms with Gasteiger partial charge in [-0.05, 0) is 43.3 Å². The Labute approximate surface area is 145 Å². The lowest BCUT2D eigenvalue weighted by Gasteiger charge is -2.21. The van der Waals surface area contributed by atoms with Gasteiger partial charge < -0.3 is 5.32 Å². The Hall–Kier alpha value is -2.48. The Balaban J connectivity index is 2.09. The van der Waals surface area contributed by atoms with Gasteiger partial charge in [-0.1, -0.05) is 18.2 Å². The van der Waals surface area contributed by atoms with Crippen molar-refractivity contribution in [2.24, 2.45) is 5.41 Å². The number of hydrogen-bond acceptors (Lipinski definition) is 3. The maximum absolute atomic E-state index is 12.8. The number of benzene rings is 2. The van der Waals surface area contributed by atoms with Gasteiger partial charge in [0.2, 0.25) is 5.91 Å². The molecule has 0 radical (unpaired) electrons. The van der Waals surface area contributed by atoms with Crippen LogP contribution in [0.5, 0.6) is 0 Å². The van der Waals surface area contributed by atoms with Crippen LogP contribution in [0.4, 0.5) is 20.2 Å². The van der Waals surface area contributed by atoms with Gasteiger partial charge in [0.1, 0.15) is 18.8 Å². The summed E-state index contributed by atoms with van der Waals surface area (Å²) < 4.78 is 52.5. The molecule has 2 rings (SSSR count). The summed E-state index contributed by atoms with van der Waals surface area (Å²) in [5.74, 6) is -0.782. The van der Waals surface area contributed by atoms with E-state index in [0.29, 0.717) is 11.4 Å². The molecule has 0 atom stereocenters. The Bertz CT molecular complexity index is 821. The molecule has 0 bridgehead atoms. The molecule has 0 saturated heterocycles. The normalized spacial score (nSPS) is 11.8. The third-order valence-corrected chi connectivity index (χ3v) is 4.98. The third-order valence-electron chi connectivity index (χ3n) is 3.59. The summed E-state index contributed by atoms with van der Waals surface area (Å²) in [5.41, 5.74) is -1.14. The van der Waals surface area contributed by atoms with Crippen LogP contribution in [0.15, 0.2) is 59.5 Å². The van der Waals surface area contributed by atoms with E-state index < -0.39 is 34.7 Å². The molecule has 8 heteroatoms. The van der Waals surface area contributed by atoms with Crippen LogP contribution in [0.2, 0.25) is 0 Å². The zero-order valence-corrected chi connectivity index (χ0v) is 14.3. The van der Waals surface area contributed by atoms with Crippen LogP contribution in [0.1, 0.15) is 6.92 Å². The van der Waals surface area contributed by atoms with Crippen molar-refractivity contribution in [2.75, 3.05) is 23.4 Å². The molecule has 0 aromatic heterocycles. The predicted octanol–water partition coefficient (Wildman–Crippen LogP) is 3.37. The van der Waals surface area contributed by atoms with Crippen LogP contribution >= 0.6 is 0 Å². The highest BCUT2D eigenvalue weighted by atomic mass is 32.2. The average Bonchev–Trinajstić information content (AvgIpc) is 2.63. The maximum Gasteiger partial charge on any atom is 0.261 e. The molecule has 0 aliphatic rings. The van der Waals surface area contributed by atoms with E-state index in [0.717, 1.165) is 0 Å². The molecule has 2 aromatic rings. The predicted molar refractivity (Wildman–Crippen MR) is 92.4 cm³/mol. The molecule has 1 amide bonds. The number of anilines is 2. The van der Waals surface area contributed by atoms with Crippen LogP contribution in [0.3, 0.4) is 0 Å². The van der Waals surface area contributed by atoms with Crippen molar-refractivity contribution >= 4 is 27.3 Å². The van der Waals surface area contributed by atoms with Gasteiger partial charge in [-0.3, -0.25) is 9.52 Å². The van der Waals surface area contributed by atoms with E-state index in [4.69, 9.17) is 0 Å². The van der Waals surface area contributed by atoms with E-state index in [1.807, 2.05) is 0 Å². The Morgan fingerprint density at radius 1 is 0.960 bits per heavy atom. The highest BCUT2D eigenvalue weighted by Crippen LogP contribution is 2.23. The van der Waals surface area contributed by atoms with Crippen LogP contribution in [0, 0.1) is 5.41 Å². The molecule has 0 aliphatic heterocycles. The van der Waals surface area contributed by atoms with E-state index in [1.54, 1.807) is 18.2 Å². The van der Waals surface area contributed by atoms with Crippen molar-refractivity contribution in [3.05, 3.63) is 54.6 Å². The van der Waals surface area contributed by atoms with Crippen molar-refractivity contribution < 1.29 is 22.0 Å². The largest absolute Gasteiger partial charge is 0.325 e. The first-order valence-electron chi connectivity index (χ1n) is 7.42. The molecule has 0 spiro atoms. The standard InChI is InChI=1S/C17H18F2N2O3S/c1-17(11-18,12-19)16(22)20-13-7-9-14(10-8-13)21-25(23,24)15-5-3-2-4-6-15/h2-10,21H,11-12H2,1H3,(H,20,22). The average molecular weight is 368 g/mol. The van der Waals surface area contributed by atoms with Gasteiger partial charge in [-0.25, -0.2) is 17.2 Å². The molecule has 0 fully saturated rings. The highest BCUT2D eigenvalue weighted by Gasteiger charge is 2.33. The smallest absolute Gasteiger partial charge is 0.261 e. The highest BCUT2D eigenvalue weighted by molar-refractivity contribution is 7.92. The summed E-state index contributed by atoms with van der Waals surface area (Å²) in [6.07, 6.45) is 0. The van der Waals surface area contributed by atoms with Crippen molar-refractivity contribution in [1.29, 1.82) is 0 Å². The number of carbonyl (C=O) groups excluding carboxylic acids is 1. The summed E-state index contributed by atoms with van der Waals surface area (Å²) in [5, 5.41) is 2.41. The zero-order chi connectivity index (χ0) is 18.5. The zero-order valence-electron chi connectivity index (χ0n) is 13.5. The lowest BCUT2D eigenvalue weighted by molar-refractivity contribution is -0.126. The molecule has 5 nitrogen and oxygen atoms in total. The molecule has 0 saturated carbocycles. The second kappa shape index (κ2) is 7.60. The van der Waals surface area contributed by atoms with E-state index in [2.05, 4.69) is 10.0 Å². The van der Waals surface area contributed by atoms with Crippen molar-refractivity contribution in [3.8, 4) is 0 Å². The Morgan fingerprint density at radius 2 is 1.48 bits per heavy atom. The summed E-state index contributed by atoms with van der Waals surface area (Å²) >= 11 is 0. The van der Waals surface area contributed by atoms with Crippen LogP contribution in [0.25, 0.3) is 0 Å². The number of nitrogens with one attached hydrogen (secondary N) is 2. The first-order chi connectivity index (χ1) is 11.8. The maximum atomic E-state index is 12.8. The molecule has 2 N–H and O–H groups in total. The van der Waals surface area contributed by atoms with E-state index >= 15 is 0 Å². The number of alkyl halides is 2. The molecule has 25 heavy (non-hydrogen) atoms. The SMILES string of the molecule is CC(CF)(CF)C(=O)Nc1ccc(NS(=O)(=O)c2ccccc2)cc1. The van der Waals surface area contributed by atoms with Gasteiger partial charge in [0.15, 0.2) is 0 Å². The lowest BCUT2D eigenvalue weighted by Crippen LogP contribution is -2.37. The van der Waals surface area contributed by atoms with Crippen LogP contribution in [-0.2, 0) is 14.8 Å². The number of carbonyl (C=O) groups is 1. The second-order valence-electron chi connectivity index (χ2n) is 5.78. The molecule has 0 heterocycles. The lowest BCUT2D eigenvalue weighted by atomic mass is 9.93.